The molecule has 0 unspecified atom stereocenters. The summed E-state index contributed by atoms with van der Waals surface area (Å²) < 4.78 is 27.2. The largest absolute Gasteiger partial charge is 0.350 e. The lowest BCUT2D eigenvalue weighted by Crippen LogP contribution is -2.50. The van der Waals surface area contributed by atoms with Gasteiger partial charge in [-0.3, -0.25) is 14.5 Å². The summed E-state index contributed by atoms with van der Waals surface area (Å²) in [6, 6.07) is 14.0. The molecule has 1 atom stereocenters. The van der Waals surface area contributed by atoms with Crippen LogP contribution in [0.15, 0.2) is 66.0 Å². The molecule has 2 aromatic heterocycles. The highest BCUT2D eigenvalue weighted by Crippen LogP contribution is 2.22. The molecule has 0 aliphatic rings. The standard InChI is InChI=1S/C24H22F2N6O2S/c1-2-20(24(34)27-14-16-8-10-17(25)11-9-16)32(19-6-3-5-18(26)13-19)22(33)15-31-29-23(28-30-31)21-7-4-12-35-21/h3-13,20H,2,14-15H2,1H3,(H,27,34)/t20-/m1/s1. The molecule has 0 spiro atoms. The number of halogens is 2. The number of tetrazole rings is 1. The first-order valence-electron chi connectivity index (χ1n) is 10.9. The van der Waals surface area contributed by atoms with Gasteiger partial charge in [0, 0.05) is 12.2 Å². The fourth-order valence-electron chi connectivity index (χ4n) is 3.53. The number of aromatic nitrogens is 4. The number of hydrogen-bond donors (Lipinski definition) is 1. The van der Waals surface area contributed by atoms with Gasteiger partial charge < -0.3 is 5.32 Å². The quantitative estimate of drug-likeness (QED) is 0.380. The lowest BCUT2D eigenvalue weighted by atomic mass is 10.1. The van der Waals surface area contributed by atoms with Crippen LogP contribution in [0.1, 0.15) is 18.9 Å². The number of amides is 2. The van der Waals surface area contributed by atoms with Gasteiger partial charge in [0.05, 0.1) is 4.88 Å². The van der Waals surface area contributed by atoms with E-state index in [4.69, 9.17) is 0 Å². The maximum Gasteiger partial charge on any atom is 0.251 e. The Kier molecular flexibility index (Phi) is 7.56. The summed E-state index contributed by atoms with van der Waals surface area (Å²) in [4.78, 5) is 29.7. The Balaban J connectivity index is 1.55. The number of carbonyl (C=O) groups excluding carboxylic acids is 2. The summed E-state index contributed by atoms with van der Waals surface area (Å²) in [5, 5.41) is 16.8. The molecule has 4 rings (SSSR count). The van der Waals surface area contributed by atoms with Crippen molar-refractivity contribution in [2.24, 2.45) is 0 Å². The molecule has 2 amide bonds. The van der Waals surface area contributed by atoms with Crippen LogP contribution in [-0.4, -0.2) is 38.1 Å². The second-order valence-electron chi connectivity index (χ2n) is 7.63. The van der Waals surface area contributed by atoms with E-state index in [1.54, 1.807) is 25.1 Å². The smallest absolute Gasteiger partial charge is 0.251 e. The average molecular weight is 497 g/mol. The summed E-state index contributed by atoms with van der Waals surface area (Å²) in [5.41, 5.74) is 0.934. The van der Waals surface area contributed by atoms with Gasteiger partial charge in [-0.2, -0.15) is 4.80 Å². The molecule has 2 heterocycles. The Morgan fingerprint density at radius 2 is 1.89 bits per heavy atom. The van der Waals surface area contributed by atoms with Crippen molar-refractivity contribution in [3.05, 3.63) is 83.2 Å². The monoisotopic (exact) mass is 496 g/mol. The number of carbonyl (C=O) groups is 2. The zero-order chi connectivity index (χ0) is 24.8. The topological polar surface area (TPSA) is 93.0 Å². The summed E-state index contributed by atoms with van der Waals surface area (Å²) in [6.45, 7) is 1.61. The van der Waals surface area contributed by atoms with E-state index in [2.05, 4.69) is 20.7 Å². The summed E-state index contributed by atoms with van der Waals surface area (Å²) in [6.07, 6.45) is 0.267. The fraction of sp³-hybridized carbons (Fsp3) is 0.208. The van der Waals surface area contributed by atoms with Crippen LogP contribution in [-0.2, 0) is 22.7 Å². The number of thiophene rings is 1. The summed E-state index contributed by atoms with van der Waals surface area (Å²) >= 11 is 1.44. The molecule has 0 saturated carbocycles. The predicted molar refractivity (Wildman–Crippen MR) is 127 cm³/mol. The molecule has 0 aliphatic heterocycles. The van der Waals surface area contributed by atoms with Gasteiger partial charge in [0.25, 0.3) is 5.91 Å². The third-order valence-electron chi connectivity index (χ3n) is 5.21. The van der Waals surface area contributed by atoms with Crippen LogP contribution >= 0.6 is 11.3 Å². The first kappa shape index (κ1) is 24.1. The highest BCUT2D eigenvalue weighted by atomic mass is 32.1. The van der Waals surface area contributed by atoms with E-state index in [1.807, 2.05) is 17.5 Å². The molecular formula is C24H22F2N6O2S. The van der Waals surface area contributed by atoms with Crippen molar-refractivity contribution in [3.63, 3.8) is 0 Å². The maximum atomic E-state index is 14.0. The van der Waals surface area contributed by atoms with Crippen LogP contribution < -0.4 is 10.2 Å². The molecule has 11 heteroatoms. The van der Waals surface area contributed by atoms with Gasteiger partial charge in [-0.15, -0.1) is 21.5 Å². The fourth-order valence-corrected chi connectivity index (χ4v) is 4.18. The number of nitrogens with zero attached hydrogens (tertiary/aromatic N) is 5. The van der Waals surface area contributed by atoms with Crippen LogP contribution in [0.25, 0.3) is 10.7 Å². The SMILES string of the molecule is CC[C@H](C(=O)NCc1ccc(F)cc1)N(C(=O)Cn1nnc(-c2cccs2)n1)c1cccc(F)c1. The van der Waals surface area contributed by atoms with Crippen LogP contribution in [0.5, 0.6) is 0 Å². The Bertz CT molecular complexity index is 1290. The third kappa shape index (κ3) is 5.93. The second-order valence-corrected chi connectivity index (χ2v) is 8.58. The maximum absolute atomic E-state index is 14.0. The number of anilines is 1. The number of rotatable bonds is 9. The Morgan fingerprint density at radius 3 is 2.57 bits per heavy atom. The van der Waals surface area contributed by atoms with Gasteiger partial charge in [0.2, 0.25) is 11.7 Å². The molecular weight excluding hydrogens is 474 g/mol. The van der Waals surface area contributed by atoms with E-state index in [1.165, 1.54) is 46.6 Å². The van der Waals surface area contributed by atoms with E-state index in [0.29, 0.717) is 11.4 Å². The molecule has 1 N–H and O–H groups in total. The van der Waals surface area contributed by atoms with Crippen LogP contribution in [0.2, 0.25) is 0 Å². The van der Waals surface area contributed by atoms with Crippen molar-refractivity contribution in [2.75, 3.05) is 4.90 Å². The minimum Gasteiger partial charge on any atom is -0.350 e. The number of hydrogen-bond acceptors (Lipinski definition) is 6. The molecule has 0 bridgehead atoms. The molecule has 4 aromatic rings. The lowest BCUT2D eigenvalue weighted by Gasteiger charge is -2.30. The zero-order valence-electron chi connectivity index (χ0n) is 18.8. The molecule has 0 aliphatic carbocycles. The highest BCUT2D eigenvalue weighted by molar-refractivity contribution is 7.13. The number of benzene rings is 2. The lowest BCUT2D eigenvalue weighted by molar-refractivity contribution is -0.127. The van der Waals surface area contributed by atoms with Crippen molar-refractivity contribution in [1.29, 1.82) is 0 Å². The van der Waals surface area contributed by atoms with Gasteiger partial charge >= 0.3 is 0 Å². The van der Waals surface area contributed by atoms with E-state index in [9.17, 15) is 18.4 Å². The van der Waals surface area contributed by atoms with Crippen molar-refractivity contribution < 1.29 is 18.4 Å². The van der Waals surface area contributed by atoms with Crippen molar-refractivity contribution in [2.45, 2.75) is 32.5 Å². The molecule has 8 nitrogen and oxygen atoms in total. The van der Waals surface area contributed by atoms with E-state index >= 15 is 0 Å². The minimum atomic E-state index is -0.926. The second kappa shape index (κ2) is 11.0. The third-order valence-corrected chi connectivity index (χ3v) is 6.07. The van der Waals surface area contributed by atoms with Crippen molar-refractivity contribution in [3.8, 4) is 10.7 Å². The Hall–Kier alpha value is -3.99. The first-order valence-corrected chi connectivity index (χ1v) is 11.7. The van der Waals surface area contributed by atoms with Crippen LogP contribution in [0, 0.1) is 11.6 Å². The summed E-state index contributed by atoms with van der Waals surface area (Å²) in [7, 11) is 0. The van der Waals surface area contributed by atoms with E-state index in [0.717, 1.165) is 9.67 Å². The molecule has 35 heavy (non-hydrogen) atoms. The van der Waals surface area contributed by atoms with Gasteiger partial charge in [0.15, 0.2) is 0 Å². The molecule has 180 valence electrons. The molecule has 0 saturated heterocycles. The van der Waals surface area contributed by atoms with Crippen molar-refractivity contribution >= 4 is 28.8 Å². The van der Waals surface area contributed by atoms with Gasteiger partial charge in [0.1, 0.15) is 24.2 Å². The van der Waals surface area contributed by atoms with E-state index in [-0.39, 0.29) is 31.0 Å². The van der Waals surface area contributed by atoms with Crippen LogP contribution in [0.3, 0.4) is 0 Å². The first-order chi connectivity index (χ1) is 16.9. The highest BCUT2D eigenvalue weighted by Gasteiger charge is 2.30. The average Bonchev–Trinajstić information content (AvgIpc) is 3.54. The van der Waals surface area contributed by atoms with Gasteiger partial charge in [-0.1, -0.05) is 31.2 Å². The molecule has 2 aromatic carbocycles. The Morgan fingerprint density at radius 1 is 1.09 bits per heavy atom. The van der Waals surface area contributed by atoms with Crippen molar-refractivity contribution in [1.82, 2.24) is 25.5 Å². The van der Waals surface area contributed by atoms with E-state index < -0.39 is 23.7 Å². The molecule has 0 fully saturated rings. The summed E-state index contributed by atoms with van der Waals surface area (Å²) in [5.74, 6) is -1.47. The number of nitrogens with one attached hydrogen (secondary N) is 1. The van der Waals surface area contributed by atoms with Gasteiger partial charge in [-0.05, 0) is 59.0 Å². The Labute approximate surface area is 204 Å². The zero-order valence-corrected chi connectivity index (χ0v) is 19.6. The minimum absolute atomic E-state index is 0.148. The van der Waals surface area contributed by atoms with Crippen LogP contribution in [0.4, 0.5) is 14.5 Å². The van der Waals surface area contributed by atoms with Gasteiger partial charge in [-0.25, -0.2) is 8.78 Å². The predicted octanol–water partition coefficient (Wildman–Crippen LogP) is 3.81. The molecule has 0 radical (unpaired) electrons. The normalized spacial score (nSPS) is 11.7.